The third-order valence-electron chi connectivity index (χ3n) is 3.96. The van der Waals surface area contributed by atoms with Crippen molar-refractivity contribution in [2.24, 2.45) is 0 Å². The lowest BCUT2D eigenvalue weighted by molar-refractivity contribution is 0.357. The van der Waals surface area contributed by atoms with Gasteiger partial charge in [-0.15, -0.1) is 0 Å². The summed E-state index contributed by atoms with van der Waals surface area (Å²) in [5, 5.41) is 10.9. The molecule has 4 heteroatoms. The molecule has 0 unspecified atom stereocenters. The summed E-state index contributed by atoms with van der Waals surface area (Å²) in [6.07, 6.45) is 6.20. The van der Waals surface area contributed by atoms with Crippen molar-refractivity contribution >= 4 is 0 Å². The number of hydrogen-bond donors (Lipinski definition) is 2. The Hall–Kier alpha value is -1.55. The van der Waals surface area contributed by atoms with E-state index in [9.17, 15) is 0 Å². The van der Waals surface area contributed by atoms with Gasteiger partial charge in [0, 0.05) is 18.2 Å². The quantitative estimate of drug-likeness (QED) is 0.887. The Kier molecular flexibility index (Phi) is 3.42. The summed E-state index contributed by atoms with van der Waals surface area (Å²) in [5.74, 6) is 2.10. The van der Waals surface area contributed by atoms with E-state index in [1.807, 2.05) is 6.20 Å². The van der Waals surface area contributed by atoms with Crippen molar-refractivity contribution in [1.82, 2.24) is 15.5 Å². The predicted octanol–water partition coefficient (Wildman–Crippen LogP) is 2.77. The van der Waals surface area contributed by atoms with Crippen LogP contribution in [0.2, 0.25) is 0 Å². The molecular weight excluding hydrogens is 238 g/mol. The molecule has 1 aliphatic rings. The topological polar surface area (TPSA) is 53.9 Å². The first-order valence-electron chi connectivity index (χ1n) is 7.12. The van der Waals surface area contributed by atoms with Gasteiger partial charge in [-0.05, 0) is 43.9 Å². The summed E-state index contributed by atoms with van der Waals surface area (Å²) in [6, 6.07) is 4.93. The maximum atomic E-state index is 5.81. The number of furan rings is 1. The van der Waals surface area contributed by atoms with Crippen LogP contribution in [0, 0.1) is 0 Å². The molecule has 2 heterocycles. The predicted molar refractivity (Wildman–Crippen MR) is 74.0 cm³/mol. The van der Waals surface area contributed by atoms with Crippen LogP contribution < -0.4 is 5.32 Å². The Labute approximate surface area is 113 Å². The van der Waals surface area contributed by atoms with Gasteiger partial charge in [0.25, 0.3) is 0 Å². The summed E-state index contributed by atoms with van der Waals surface area (Å²) in [7, 11) is 0. The first-order chi connectivity index (χ1) is 9.26. The van der Waals surface area contributed by atoms with Gasteiger partial charge in [0.2, 0.25) is 0 Å². The van der Waals surface area contributed by atoms with E-state index in [1.54, 1.807) is 0 Å². The lowest BCUT2D eigenvalue weighted by Gasteiger charge is -2.25. The molecule has 3 rings (SSSR count). The molecule has 0 spiro atoms. The lowest BCUT2D eigenvalue weighted by Crippen LogP contribution is -2.36. The molecule has 2 N–H and O–H groups in total. The highest BCUT2D eigenvalue weighted by atomic mass is 16.3. The van der Waals surface area contributed by atoms with Gasteiger partial charge < -0.3 is 9.73 Å². The van der Waals surface area contributed by atoms with Crippen molar-refractivity contribution in [2.45, 2.75) is 51.6 Å². The number of aromatic amines is 1. The molecule has 0 aliphatic heterocycles. The zero-order valence-corrected chi connectivity index (χ0v) is 11.6. The number of rotatable bonds is 4. The van der Waals surface area contributed by atoms with Crippen LogP contribution in [0.4, 0.5) is 0 Å². The van der Waals surface area contributed by atoms with Gasteiger partial charge >= 0.3 is 0 Å². The van der Waals surface area contributed by atoms with Crippen molar-refractivity contribution < 1.29 is 4.42 Å². The minimum Gasteiger partial charge on any atom is -0.464 e. The molecule has 19 heavy (non-hydrogen) atoms. The van der Waals surface area contributed by atoms with Crippen LogP contribution in [0.5, 0.6) is 0 Å². The Balaban J connectivity index is 1.63. The molecule has 2 atom stereocenters. The van der Waals surface area contributed by atoms with E-state index in [-0.39, 0.29) is 6.04 Å². The molecule has 0 saturated carbocycles. The Morgan fingerprint density at radius 2 is 2.42 bits per heavy atom. The smallest absolute Gasteiger partial charge is 0.120 e. The van der Waals surface area contributed by atoms with E-state index in [1.165, 1.54) is 11.3 Å². The highest BCUT2D eigenvalue weighted by molar-refractivity contribution is 5.21. The third-order valence-corrected chi connectivity index (χ3v) is 3.96. The van der Waals surface area contributed by atoms with Crippen LogP contribution >= 0.6 is 0 Å². The highest BCUT2D eigenvalue weighted by Gasteiger charge is 2.22. The summed E-state index contributed by atoms with van der Waals surface area (Å²) in [5.41, 5.74) is 2.65. The molecule has 0 amide bonds. The molecule has 0 saturated heterocycles. The normalized spacial score (nSPS) is 20.2. The maximum Gasteiger partial charge on any atom is 0.120 e. The summed E-state index contributed by atoms with van der Waals surface area (Å²) in [6.45, 7) is 4.28. The molecule has 0 radical (unpaired) electrons. The van der Waals surface area contributed by atoms with Gasteiger partial charge in [0.05, 0.1) is 12.2 Å². The van der Waals surface area contributed by atoms with Crippen molar-refractivity contribution in [3.63, 3.8) is 0 Å². The fourth-order valence-corrected chi connectivity index (χ4v) is 2.81. The lowest BCUT2D eigenvalue weighted by atomic mass is 9.93. The first kappa shape index (κ1) is 12.5. The van der Waals surface area contributed by atoms with Gasteiger partial charge in [-0.25, -0.2) is 0 Å². The van der Waals surface area contributed by atoms with Crippen molar-refractivity contribution in [1.29, 1.82) is 0 Å². The number of hydrogen-bond acceptors (Lipinski definition) is 3. The Bertz CT molecular complexity index is 543. The average molecular weight is 259 g/mol. The van der Waals surface area contributed by atoms with E-state index in [0.29, 0.717) is 6.04 Å². The average Bonchev–Trinajstić information content (AvgIpc) is 3.06. The molecule has 2 aromatic rings. The second-order valence-corrected chi connectivity index (χ2v) is 5.36. The second-order valence-electron chi connectivity index (χ2n) is 5.36. The van der Waals surface area contributed by atoms with E-state index in [2.05, 4.69) is 41.5 Å². The van der Waals surface area contributed by atoms with Crippen molar-refractivity contribution in [2.75, 3.05) is 0 Å². The van der Waals surface area contributed by atoms with Gasteiger partial charge in [-0.2, -0.15) is 5.10 Å². The molecule has 0 fully saturated rings. The summed E-state index contributed by atoms with van der Waals surface area (Å²) < 4.78 is 5.81. The van der Waals surface area contributed by atoms with E-state index in [4.69, 9.17) is 4.42 Å². The van der Waals surface area contributed by atoms with Gasteiger partial charge in [0.15, 0.2) is 0 Å². The standard InChI is InChI=1S/C15H21N3O/c1-3-13-5-7-15(19-13)10(2)17-12-4-6-14-11(8-12)9-16-18-14/h5,7,9-10,12,17H,3-4,6,8H2,1-2H3,(H,16,18)/t10-,12+/m1/s1. The van der Waals surface area contributed by atoms with E-state index in [0.717, 1.165) is 37.2 Å². The molecule has 102 valence electrons. The molecule has 4 nitrogen and oxygen atoms in total. The molecule has 2 aromatic heterocycles. The van der Waals surface area contributed by atoms with Crippen molar-refractivity contribution in [3.05, 3.63) is 41.1 Å². The zero-order chi connectivity index (χ0) is 13.2. The molecule has 0 aromatic carbocycles. The van der Waals surface area contributed by atoms with Crippen LogP contribution in [0.15, 0.2) is 22.7 Å². The maximum absolute atomic E-state index is 5.81. The Morgan fingerprint density at radius 1 is 1.53 bits per heavy atom. The summed E-state index contributed by atoms with van der Waals surface area (Å²) in [4.78, 5) is 0. The molecule has 1 aliphatic carbocycles. The largest absolute Gasteiger partial charge is 0.464 e. The third kappa shape index (κ3) is 2.59. The van der Waals surface area contributed by atoms with Crippen LogP contribution in [-0.4, -0.2) is 16.2 Å². The number of H-pyrrole nitrogens is 1. The number of aryl methyl sites for hydroxylation is 2. The Morgan fingerprint density at radius 3 is 3.21 bits per heavy atom. The van der Waals surface area contributed by atoms with Crippen molar-refractivity contribution in [3.8, 4) is 0 Å². The van der Waals surface area contributed by atoms with Crippen LogP contribution in [0.1, 0.15) is 49.1 Å². The van der Waals surface area contributed by atoms with E-state index < -0.39 is 0 Å². The van der Waals surface area contributed by atoms with Crippen LogP contribution in [0.3, 0.4) is 0 Å². The number of fused-ring (bicyclic) bond motifs is 1. The monoisotopic (exact) mass is 259 g/mol. The fourth-order valence-electron chi connectivity index (χ4n) is 2.81. The van der Waals surface area contributed by atoms with Crippen LogP contribution in [0.25, 0.3) is 0 Å². The molecule has 0 bridgehead atoms. The van der Waals surface area contributed by atoms with Crippen LogP contribution in [-0.2, 0) is 19.3 Å². The SMILES string of the molecule is CCc1ccc([C@@H](C)N[C@H]2CCc3[nH]ncc3C2)o1. The minimum absolute atomic E-state index is 0.263. The first-order valence-corrected chi connectivity index (χ1v) is 7.12. The number of nitrogens with zero attached hydrogens (tertiary/aromatic N) is 1. The minimum atomic E-state index is 0.263. The molecular formula is C15H21N3O. The van der Waals surface area contributed by atoms with Gasteiger partial charge in [0.1, 0.15) is 11.5 Å². The second kappa shape index (κ2) is 5.21. The fraction of sp³-hybridized carbons (Fsp3) is 0.533. The van der Waals surface area contributed by atoms with Gasteiger partial charge in [-0.3, -0.25) is 5.10 Å². The summed E-state index contributed by atoms with van der Waals surface area (Å²) >= 11 is 0. The number of aromatic nitrogens is 2. The van der Waals surface area contributed by atoms with E-state index >= 15 is 0 Å². The zero-order valence-electron chi connectivity index (χ0n) is 11.6. The number of nitrogens with one attached hydrogen (secondary N) is 2. The highest BCUT2D eigenvalue weighted by Crippen LogP contribution is 2.23. The van der Waals surface area contributed by atoms with Gasteiger partial charge in [-0.1, -0.05) is 6.92 Å².